The maximum atomic E-state index is 6.29. The van der Waals surface area contributed by atoms with E-state index in [1.165, 1.54) is 5.56 Å². The second-order valence-electron chi connectivity index (χ2n) is 8.01. The fourth-order valence-electron chi connectivity index (χ4n) is 4.04. The van der Waals surface area contributed by atoms with Crippen LogP contribution in [0.25, 0.3) is 0 Å². The standard InChI is InChI=1S/C22H26N4O2/c1-3-22(6-7-22)28-17-5-4-16-12-23-21(18(16)10-17)19-11-20(25-14-24-19)26-8-9-27-15(2)13-26/h4-5,10-11,14-15H,3,6-9,12-13H2,1-2H3/t15-/m0/s1. The summed E-state index contributed by atoms with van der Waals surface area (Å²) in [5.74, 6) is 1.87. The van der Waals surface area contributed by atoms with Gasteiger partial charge in [0.2, 0.25) is 0 Å². The number of morpholine rings is 1. The van der Waals surface area contributed by atoms with Crippen LogP contribution in [0.15, 0.2) is 35.6 Å². The number of rotatable bonds is 5. The SMILES string of the molecule is CCC1(Oc2ccc3c(c2)C(c2cc(N4CCO[C@@H](C)C4)ncn2)=NC3)CC1. The minimum absolute atomic E-state index is 0.0548. The summed E-state index contributed by atoms with van der Waals surface area (Å²) < 4.78 is 11.9. The molecule has 3 aliphatic rings. The predicted molar refractivity (Wildman–Crippen MR) is 108 cm³/mol. The van der Waals surface area contributed by atoms with Crippen LogP contribution in [0.2, 0.25) is 0 Å². The number of hydrogen-bond donors (Lipinski definition) is 0. The minimum Gasteiger partial charge on any atom is -0.487 e. The summed E-state index contributed by atoms with van der Waals surface area (Å²) in [5, 5.41) is 0. The molecular formula is C22H26N4O2. The quantitative estimate of drug-likeness (QED) is 0.798. The Balaban J connectivity index is 1.42. The van der Waals surface area contributed by atoms with Crippen molar-refractivity contribution in [1.82, 2.24) is 9.97 Å². The molecule has 1 aliphatic carbocycles. The minimum atomic E-state index is 0.0548. The van der Waals surface area contributed by atoms with Gasteiger partial charge in [-0.25, -0.2) is 9.97 Å². The Morgan fingerprint density at radius 3 is 2.93 bits per heavy atom. The van der Waals surface area contributed by atoms with E-state index in [2.05, 4.69) is 46.9 Å². The Kier molecular flexibility index (Phi) is 4.31. The number of aliphatic imine (C=N–C) groups is 1. The highest BCUT2D eigenvalue weighted by molar-refractivity contribution is 6.14. The first-order valence-electron chi connectivity index (χ1n) is 10.2. The molecule has 1 aromatic heterocycles. The van der Waals surface area contributed by atoms with Gasteiger partial charge in [0.15, 0.2) is 0 Å². The van der Waals surface area contributed by atoms with Gasteiger partial charge in [0.25, 0.3) is 0 Å². The molecule has 2 aromatic rings. The van der Waals surface area contributed by atoms with Crippen molar-refractivity contribution in [2.75, 3.05) is 24.6 Å². The van der Waals surface area contributed by atoms with E-state index in [0.717, 1.165) is 67.5 Å². The lowest BCUT2D eigenvalue weighted by molar-refractivity contribution is 0.0529. The molecular weight excluding hydrogens is 352 g/mol. The number of ether oxygens (including phenoxy) is 2. The molecule has 2 fully saturated rings. The summed E-state index contributed by atoms with van der Waals surface area (Å²) in [6.07, 6.45) is 5.20. The first kappa shape index (κ1) is 17.6. The van der Waals surface area contributed by atoms with E-state index in [4.69, 9.17) is 14.5 Å². The Labute approximate surface area is 165 Å². The normalized spacial score (nSPS) is 22.6. The van der Waals surface area contributed by atoms with Gasteiger partial charge in [-0.1, -0.05) is 13.0 Å². The molecule has 3 heterocycles. The van der Waals surface area contributed by atoms with E-state index >= 15 is 0 Å². The Hall–Kier alpha value is -2.47. The molecule has 1 saturated heterocycles. The lowest BCUT2D eigenvalue weighted by Gasteiger charge is -2.32. The molecule has 0 N–H and O–H groups in total. The van der Waals surface area contributed by atoms with Gasteiger partial charge in [0, 0.05) is 24.7 Å². The number of hydrogen-bond acceptors (Lipinski definition) is 6. The van der Waals surface area contributed by atoms with Gasteiger partial charge in [-0.15, -0.1) is 0 Å². The molecule has 5 rings (SSSR count). The molecule has 28 heavy (non-hydrogen) atoms. The molecule has 0 radical (unpaired) electrons. The Bertz CT molecular complexity index is 923. The van der Waals surface area contributed by atoms with Crippen molar-refractivity contribution in [2.45, 2.75) is 51.4 Å². The van der Waals surface area contributed by atoms with E-state index in [9.17, 15) is 0 Å². The highest BCUT2D eigenvalue weighted by Crippen LogP contribution is 2.43. The highest BCUT2D eigenvalue weighted by Gasteiger charge is 2.43. The second-order valence-corrected chi connectivity index (χ2v) is 8.01. The second kappa shape index (κ2) is 6.85. The van der Waals surface area contributed by atoms with Gasteiger partial charge < -0.3 is 14.4 Å². The summed E-state index contributed by atoms with van der Waals surface area (Å²) in [4.78, 5) is 16.0. The fourth-order valence-corrected chi connectivity index (χ4v) is 4.04. The van der Waals surface area contributed by atoms with Gasteiger partial charge in [-0.05, 0) is 43.9 Å². The van der Waals surface area contributed by atoms with Crippen molar-refractivity contribution in [3.8, 4) is 5.75 Å². The van der Waals surface area contributed by atoms with Gasteiger partial charge in [0.1, 0.15) is 23.5 Å². The smallest absolute Gasteiger partial charge is 0.132 e. The van der Waals surface area contributed by atoms with E-state index < -0.39 is 0 Å². The number of aromatic nitrogens is 2. The first-order chi connectivity index (χ1) is 13.7. The monoisotopic (exact) mass is 378 g/mol. The molecule has 1 aromatic carbocycles. The van der Waals surface area contributed by atoms with Crippen molar-refractivity contribution < 1.29 is 9.47 Å². The van der Waals surface area contributed by atoms with Crippen molar-refractivity contribution >= 4 is 11.5 Å². The maximum Gasteiger partial charge on any atom is 0.132 e. The summed E-state index contributed by atoms with van der Waals surface area (Å²) in [7, 11) is 0. The third-order valence-corrected chi connectivity index (χ3v) is 5.99. The molecule has 0 amide bonds. The summed E-state index contributed by atoms with van der Waals surface area (Å²) in [6, 6.07) is 8.40. The number of fused-ring (bicyclic) bond motifs is 1. The molecule has 6 nitrogen and oxygen atoms in total. The molecule has 0 bridgehead atoms. The number of nitrogens with zero attached hydrogens (tertiary/aromatic N) is 4. The average molecular weight is 378 g/mol. The van der Waals surface area contributed by atoms with Gasteiger partial charge in [-0.2, -0.15) is 0 Å². The Morgan fingerprint density at radius 1 is 1.25 bits per heavy atom. The van der Waals surface area contributed by atoms with E-state index in [1.807, 2.05) is 6.07 Å². The molecule has 146 valence electrons. The maximum absolute atomic E-state index is 6.29. The van der Waals surface area contributed by atoms with Crippen LogP contribution in [-0.2, 0) is 11.3 Å². The van der Waals surface area contributed by atoms with Crippen molar-refractivity contribution in [3.05, 3.63) is 47.4 Å². The van der Waals surface area contributed by atoms with Crippen molar-refractivity contribution in [2.24, 2.45) is 4.99 Å². The molecule has 6 heteroatoms. The van der Waals surface area contributed by atoms with Gasteiger partial charge >= 0.3 is 0 Å². The molecule has 1 atom stereocenters. The molecule has 1 saturated carbocycles. The van der Waals surface area contributed by atoms with E-state index in [-0.39, 0.29) is 11.7 Å². The molecule has 0 unspecified atom stereocenters. The molecule has 2 aliphatic heterocycles. The number of benzene rings is 1. The largest absolute Gasteiger partial charge is 0.487 e. The van der Waals surface area contributed by atoms with Crippen LogP contribution >= 0.6 is 0 Å². The van der Waals surface area contributed by atoms with Crippen LogP contribution in [0.3, 0.4) is 0 Å². The predicted octanol–water partition coefficient (Wildman–Crippen LogP) is 3.37. The van der Waals surface area contributed by atoms with E-state index in [1.54, 1.807) is 6.33 Å². The third kappa shape index (κ3) is 3.26. The van der Waals surface area contributed by atoms with Gasteiger partial charge in [-0.3, -0.25) is 4.99 Å². The fraction of sp³-hybridized carbons (Fsp3) is 0.500. The average Bonchev–Trinajstić information content (AvgIpc) is 3.37. The van der Waals surface area contributed by atoms with Crippen LogP contribution in [0, 0.1) is 0 Å². The first-order valence-corrected chi connectivity index (χ1v) is 10.2. The summed E-state index contributed by atoms with van der Waals surface area (Å²) >= 11 is 0. The summed E-state index contributed by atoms with van der Waals surface area (Å²) in [5.41, 5.74) is 4.22. The lowest BCUT2D eigenvalue weighted by atomic mass is 10.0. The zero-order valence-electron chi connectivity index (χ0n) is 16.5. The third-order valence-electron chi connectivity index (χ3n) is 5.99. The number of anilines is 1. The van der Waals surface area contributed by atoms with Crippen LogP contribution in [-0.4, -0.2) is 47.1 Å². The molecule has 0 spiro atoms. The van der Waals surface area contributed by atoms with Crippen LogP contribution in [0.1, 0.15) is 49.9 Å². The van der Waals surface area contributed by atoms with Crippen LogP contribution in [0.5, 0.6) is 5.75 Å². The lowest BCUT2D eigenvalue weighted by Crippen LogP contribution is -2.41. The zero-order chi connectivity index (χ0) is 19.1. The zero-order valence-corrected chi connectivity index (χ0v) is 16.5. The van der Waals surface area contributed by atoms with Crippen molar-refractivity contribution in [3.63, 3.8) is 0 Å². The Morgan fingerprint density at radius 2 is 2.14 bits per heavy atom. The van der Waals surface area contributed by atoms with Gasteiger partial charge in [0.05, 0.1) is 30.7 Å². The topological polar surface area (TPSA) is 59.8 Å². The van der Waals surface area contributed by atoms with Crippen molar-refractivity contribution in [1.29, 1.82) is 0 Å². The van der Waals surface area contributed by atoms with Crippen LogP contribution in [0.4, 0.5) is 5.82 Å². The van der Waals surface area contributed by atoms with E-state index in [0.29, 0.717) is 6.54 Å². The summed E-state index contributed by atoms with van der Waals surface area (Å²) in [6.45, 7) is 7.40. The highest BCUT2D eigenvalue weighted by atomic mass is 16.5. The van der Waals surface area contributed by atoms with Crippen LogP contribution < -0.4 is 9.64 Å².